The van der Waals surface area contributed by atoms with Gasteiger partial charge in [-0.2, -0.15) is 0 Å². The van der Waals surface area contributed by atoms with E-state index in [1.165, 1.54) is 12.1 Å². The molecule has 0 atom stereocenters. The molecule has 0 spiro atoms. The Hall–Kier alpha value is -1.62. The van der Waals surface area contributed by atoms with Crippen LogP contribution in [-0.4, -0.2) is 37.5 Å². The van der Waals surface area contributed by atoms with Gasteiger partial charge in [0.1, 0.15) is 5.82 Å². The molecule has 0 aromatic heterocycles. The molecule has 1 saturated heterocycles. The van der Waals surface area contributed by atoms with Crippen molar-refractivity contribution in [1.29, 1.82) is 0 Å². The third-order valence-corrected chi connectivity index (χ3v) is 3.22. The lowest BCUT2D eigenvalue weighted by Gasteiger charge is -2.22. The summed E-state index contributed by atoms with van der Waals surface area (Å²) < 4.78 is 13.5. The molecule has 1 aliphatic heterocycles. The lowest BCUT2D eigenvalue weighted by atomic mass is 10.1. The second-order valence-corrected chi connectivity index (χ2v) is 4.61. The van der Waals surface area contributed by atoms with E-state index in [0.29, 0.717) is 13.1 Å². The van der Waals surface area contributed by atoms with Crippen molar-refractivity contribution in [3.8, 4) is 0 Å². The Morgan fingerprint density at radius 2 is 2.11 bits per heavy atom. The van der Waals surface area contributed by atoms with Crippen LogP contribution in [0.5, 0.6) is 0 Å². The van der Waals surface area contributed by atoms with Gasteiger partial charge in [0, 0.05) is 32.4 Å². The van der Waals surface area contributed by atoms with Gasteiger partial charge in [-0.05, 0) is 30.2 Å². The van der Waals surface area contributed by atoms with E-state index in [-0.39, 0.29) is 11.7 Å². The van der Waals surface area contributed by atoms with Gasteiger partial charge in [-0.3, -0.25) is 4.79 Å². The second kappa shape index (κ2) is 5.35. The molecular weight excluding hydrogens is 233 g/mol. The van der Waals surface area contributed by atoms with E-state index in [1.807, 2.05) is 11.0 Å². The second-order valence-electron chi connectivity index (χ2n) is 4.61. The number of carbonyl (C=O) groups is 1. The Balaban J connectivity index is 2.24. The first-order valence-corrected chi connectivity index (χ1v) is 6.08. The summed E-state index contributed by atoms with van der Waals surface area (Å²) >= 11 is 0. The molecule has 1 aliphatic rings. The molecule has 0 unspecified atom stereocenters. The van der Waals surface area contributed by atoms with E-state index in [2.05, 4.69) is 0 Å². The average molecular weight is 251 g/mol. The van der Waals surface area contributed by atoms with Gasteiger partial charge in [-0.25, -0.2) is 4.39 Å². The molecule has 18 heavy (non-hydrogen) atoms. The number of rotatable bonds is 2. The number of carbonyl (C=O) groups excluding carboxylic acids is 1. The molecule has 98 valence electrons. The van der Waals surface area contributed by atoms with Gasteiger partial charge < -0.3 is 15.5 Å². The summed E-state index contributed by atoms with van der Waals surface area (Å²) in [5.41, 5.74) is 7.02. The topological polar surface area (TPSA) is 49.6 Å². The minimum atomic E-state index is -0.307. The quantitative estimate of drug-likeness (QED) is 0.851. The summed E-state index contributed by atoms with van der Waals surface area (Å²) in [7, 11) is 1.79. The highest BCUT2D eigenvalue weighted by Crippen LogP contribution is 2.20. The maximum absolute atomic E-state index is 13.5. The molecule has 1 heterocycles. The summed E-state index contributed by atoms with van der Waals surface area (Å²) in [5, 5.41) is 0. The third kappa shape index (κ3) is 2.79. The first-order valence-electron chi connectivity index (χ1n) is 6.08. The smallest absolute Gasteiger partial charge is 0.241 e. The standard InChI is InChI=1S/C13H18FN3O/c1-16-3-2-4-17(9-13(16)18)12-6-10(8-15)5-11(14)7-12/h5-7H,2-4,8-9,15H2,1H3. The minimum Gasteiger partial charge on any atom is -0.362 e. The first kappa shape index (κ1) is 12.8. The lowest BCUT2D eigenvalue weighted by Crippen LogP contribution is -2.34. The van der Waals surface area contributed by atoms with Crippen molar-refractivity contribution in [2.24, 2.45) is 5.73 Å². The molecule has 2 N–H and O–H groups in total. The fourth-order valence-electron chi connectivity index (χ4n) is 2.14. The Morgan fingerprint density at radius 3 is 2.83 bits per heavy atom. The van der Waals surface area contributed by atoms with Crippen molar-refractivity contribution in [3.63, 3.8) is 0 Å². The molecule has 2 rings (SSSR count). The van der Waals surface area contributed by atoms with Crippen LogP contribution in [0, 0.1) is 5.82 Å². The molecule has 4 nitrogen and oxygen atoms in total. The fourth-order valence-corrected chi connectivity index (χ4v) is 2.14. The molecule has 1 amide bonds. The molecule has 0 aliphatic carbocycles. The van der Waals surface area contributed by atoms with Gasteiger partial charge in [0.15, 0.2) is 0 Å². The van der Waals surface area contributed by atoms with Gasteiger partial charge in [-0.1, -0.05) is 0 Å². The van der Waals surface area contributed by atoms with E-state index in [4.69, 9.17) is 5.73 Å². The molecule has 0 saturated carbocycles. The normalized spacial score (nSPS) is 16.9. The number of nitrogens with two attached hydrogens (primary N) is 1. The molecule has 5 heteroatoms. The van der Waals surface area contributed by atoms with Crippen LogP contribution in [0.25, 0.3) is 0 Å². The predicted molar refractivity (Wildman–Crippen MR) is 68.8 cm³/mol. The van der Waals surface area contributed by atoms with Crippen LogP contribution >= 0.6 is 0 Å². The molecule has 0 bridgehead atoms. The number of likely N-dealkylation sites (N-methyl/N-ethyl adjacent to an activating group) is 1. The maximum atomic E-state index is 13.5. The van der Waals surface area contributed by atoms with Crippen molar-refractivity contribution < 1.29 is 9.18 Å². The van der Waals surface area contributed by atoms with Crippen molar-refractivity contribution >= 4 is 11.6 Å². The minimum absolute atomic E-state index is 0.0612. The van der Waals surface area contributed by atoms with Gasteiger partial charge >= 0.3 is 0 Å². The summed E-state index contributed by atoms with van der Waals surface area (Å²) in [6.07, 6.45) is 0.886. The van der Waals surface area contributed by atoms with Crippen molar-refractivity contribution in [3.05, 3.63) is 29.6 Å². The zero-order valence-corrected chi connectivity index (χ0v) is 10.5. The summed E-state index contributed by atoms with van der Waals surface area (Å²) in [6, 6.07) is 4.73. The Morgan fingerprint density at radius 1 is 1.33 bits per heavy atom. The maximum Gasteiger partial charge on any atom is 0.241 e. The number of amides is 1. The number of benzene rings is 1. The molecular formula is C13H18FN3O. The van der Waals surface area contributed by atoms with Crippen LogP contribution in [0.3, 0.4) is 0 Å². The molecule has 1 aromatic carbocycles. The SMILES string of the molecule is CN1CCCN(c2cc(F)cc(CN)c2)CC1=O. The number of anilines is 1. The molecule has 0 radical (unpaired) electrons. The van der Waals surface area contributed by atoms with Crippen molar-refractivity contribution in [2.45, 2.75) is 13.0 Å². The van der Waals surface area contributed by atoms with Crippen LogP contribution in [0.4, 0.5) is 10.1 Å². The zero-order valence-electron chi connectivity index (χ0n) is 10.5. The highest BCUT2D eigenvalue weighted by Gasteiger charge is 2.19. The highest BCUT2D eigenvalue weighted by molar-refractivity contribution is 5.81. The lowest BCUT2D eigenvalue weighted by molar-refractivity contribution is -0.127. The van der Waals surface area contributed by atoms with Crippen molar-refractivity contribution in [1.82, 2.24) is 4.90 Å². The number of hydrogen-bond donors (Lipinski definition) is 1. The van der Waals surface area contributed by atoms with Crippen molar-refractivity contribution in [2.75, 3.05) is 31.6 Å². The highest BCUT2D eigenvalue weighted by atomic mass is 19.1. The summed E-state index contributed by atoms with van der Waals surface area (Å²) in [6.45, 7) is 2.09. The predicted octanol–water partition coefficient (Wildman–Crippen LogP) is 0.953. The van der Waals surface area contributed by atoms with Gasteiger partial charge in [0.2, 0.25) is 5.91 Å². The van der Waals surface area contributed by atoms with Crippen LogP contribution in [0.2, 0.25) is 0 Å². The largest absolute Gasteiger partial charge is 0.362 e. The van der Waals surface area contributed by atoms with Gasteiger partial charge in [0.05, 0.1) is 6.54 Å². The fraction of sp³-hybridized carbons (Fsp3) is 0.462. The van der Waals surface area contributed by atoms with E-state index < -0.39 is 0 Å². The first-order chi connectivity index (χ1) is 8.60. The van der Waals surface area contributed by atoms with Crippen LogP contribution < -0.4 is 10.6 Å². The Bertz CT molecular complexity index is 450. The van der Waals surface area contributed by atoms with E-state index in [0.717, 1.165) is 30.8 Å². The van der Waals surface area contributed by atoms with E-state index in [1.54, 1.807) is 11.9 Å². The van der Waals surface area contributed by atoms with Crippen LogP contribution in [-0.2, 0) is 11.3 Å². The number of hydrogen-bond acceptors (Lipinski definition) is 3. The third-order valence-electron chi connectivity index (χ3n) is 3.22. The molecule has 1 fully saturated rings. The van der Waals surface area contributed by atoms with Gasteiger partial charge in [-0.15, -0.1) is 0 Å². The number of nitrogens with zero attached hydrogens (tertiary/aromatic N) is 2. The van der Waals surface area contributed by atoms with E-state index in [9.17, 15) is 9.18 Å². The van der Waals surface area contributed by atoms with Crippen LogP contribution in [0.1, 0.15) is 12.0 Å². The Labute approximate surface area is 106 Å². The summed E-state index contributed by atoms with van der Waals surface area (Å²) in [5.74, 6) is -0.246. The average Bonchev–Trinajstić information content (AvgIpc) is 2.51. The Kier molecular flexibility index (Phi) is 3.81. The monoisotopic (exact) mass is 251 g/mol. The van der Waals surface area contributed by atoms with E-state index >= 15 is 0 Å². The van der Waals surface area contributed by atoms with Crippen LogP contribution in [0.15, 0.2) is 18.2 Å². The number of halogens is 1. The zero-order chi connectivity index (χ0) is 13.1. The van der Waals surface area contributed by atoms with Gasteiger partial charge in [0.25, 0.3) is 0 Å². The molecule has 1 aromatic rings. The summed E-state index contributed by atoms with van der Waals surface area (Å²) in [4.78, 5) is 15.4.